The number of nitrogens with one attached hydrogen (secondary N) is 1. The number of hydrogen-bond donors (Lipinski definition) is 3. The molecule has 1 fully saturated rings. The van der Waals surface area contributed by atoms with Crippen molar-refractivity contribution in [3.8, 4) is 0 Å². The Hall–Kier alpha value is -1.47. The fourth-order valence-corrected chi connectivity index (χ4v) is 2.62. The average Bonchev–Trinajstić information content (AvgIpc) is 2.45. The number of rotatable bonds is 5. The van der Waals surface area contributed by atoms with Gasteiger partial charge in [0.25, 0.3) is 0 Å². The third-order valence-corrected chi connectivity index (χ3v) is 3.93. The van der Waals surface area contributed by atoms with Gasteiger partial charge in [-0.3, -0.25) is 4.79 Å². The number of amidine groups is 1. The van der Waals surface area contributed by atoms with Crippen LogP contribution in [0.5, 0.6) is 0 Å². The van der Waals surface area contributed by atoms with Crippen molar-refractivity contribution in [1.29, 1.82) is 0 Å². The summed E-state index contributed by atoms with van der Waals surface area (Å²) >= 11 is 0. The van der Waals surface area contributed by atoms with Gasteiger partial charge in [-0.2, -0.15) is 13.2 Å². The van der Waals surface area contributed by atoms with Gasteiger partial charge in [0.05, 0.1) is 12.0 Å². The Kier molecular flexibility index (Phi) is 6.29. The number of alkyl halides is 3. The molecule has 5 nitrogen and oxygen atoms in total. The third-order valence-electron chi connectivity index (χ3n) is 3.93. The van der Waals surface area contributed by atoms with E-state index in [0.717, 1.165) is 6.42 Å². The summed E-state index contributed by atoms with van der Waals surface area (Å²) in [5, 5.41) is 14.2. The fourth-order valence-electron chi connectivity index (χ4n) is 2.62. The van der Waals surface area contributed by atoms with Gasteiger partial charge in [0.2, 0.25) is 5.91 Å². The number of hydrogen-bond acceptors (Lipinski definition) is 3. The van der Waals surface area contributed by atoms with Crippen molar-refractivity contribution in [1.82, 2.24) is 5.32 Å². The molecule has 1 aliphatic carbocycles. The molecular formula is C13H22F3N3O2. The number of halogens is 3. The van der Waals surface area contributed by atoms with Gasteiger partial charge in [0.1, 0.15) is 0 Å². The van der Waals surface area contributed by atoms with Gasteiger partial charge in [0, 0.05) is 5.92 Å². The summed E-state index contributed by atoms with van der Waals surface area (Å²) in [6, 6.07) is -0.576. The van der Waals surface area contributed by atoms with Crippen LogP contribution in [-0.4, -0.2) is 29.2 Å². The molecule has 0 bridgehead atoms. The van der Waals surface area contributed by atoms with E-state index in [9.17, 15) is 18.0 Å². The van der Waals surface area contributed by atoms with Gasteiger partial charge in [-0.05, 0) is 32.1 Å². The number of carbonyl (C=O) groups excluding carboxylic acids is 1. The van der Waals surface area contributed by atoms with E-state index in [1.54, 1.807) is 0 Å². The fraction of sp³-hybridized carbons (Fsp3) is 0.846. The maximum Gasteiger partial charge on any atom is 0.391 e. The van der Waals surface area contributed by atoms with Crippen molar-refractivity contribution >= 4 is 11.7 Å². The maximum atomic E-state index is 12.6. The van der Waals surface area contributed by atoms with Gasteiger partial charge >= 0.3 is 6.18 Å². The van der Waals surface area contributed by atoms with Crippen LogP contribution in [-0.2, 0) is 4.79 Å². The lowest BCUT2D eigenvalue weighted by molar-refractivity contribution is -0.184. The highest BCUT2D eigenvalue weighted by atomic mass is 19.4. The summed E-state index contributed by atoms with van der Waals surface area (Å²) in [4.78, 5) is 12.1. The van der Waals surface area contributed by atoms with Crippen molar-refractivity contribution in [3.63, 3.8) is 0 Å². The summed E-state index contributed by atoms with van der Waals surface area (Å²) < 4.78 is 37.7. The zero-order valence-corrected chi connectivity index (χ0v) is 12.0. The highest BCUT2D eigenvalue weighted by molar-refractivity contribution is 5.90. The molecule has 4 N–H and O–H groups in total. The first-order valence-corrected chi connectivity index (χ1v) is 7.14. The molecule has 122 valence electrons. The Bertz CT molecular complexity index is 377. The quantitative estimate of drug-likeness (QED) is 0.315. The highest BCUT2D eigenvalue weighted by Gasteiger charge is 2.42. The van der Waals surface area contributed by atoms with Gasteiger partial charge in [-0.15, -0.1) is 0 Å². The third kappa shape index (κ3) is 5.09. The van der Waals surface area contributed by atoms with Gasteiger partial charge in [-0.25, -0.2) is 0 Å². The van der Waals surface area contributed by atoms with E-state index in [1.165, 1.54) is 0 Å². The number of nitrogens with two attached hydrogens (primary N) is 1. The van der Waals surface area contributed by atoms with E-state index >= 15 is 0 Å². The molecule has 21 heavy (non-hydrogen) atoms. The molecule has 8 heteroatoms. The average molecular weight is 309 g/mol. The molecule has 1 aliphatic rings. The van der Waals surface area contributed by atoms with Gasteiger partial charge in [-0.1, -0.05) is 18.5 Å². The van der Waals surface area contributed by atoms with Crippen molar-refractivity contribution in [2.75, 3.05) is 0 Å². The molecule has 1 rings (SSSR count). The van der Waals surface area contributed by atoms with Crippen LogP contribution >= 0.6 is 0 Å². The molecule has 1 amide bonds. The summed E-state index contributed by atoms with van der Waals surface area (Å²) in [6.45, 7) is 1.89. The van der Waals surface area contributed by atoms with E-state index in [0.29, 0.717) is 6.42 Å². The zero-order chi connectivity index (χ0) is 16.0. The van der Waals surface area contributed by atoms with E-state index in [2.05, 4.69) is 10.5 Å². The van der Waals surface area contributed by atoms with Gasteiger partial charge in [0.15, 0.2) is 5.84 Å². The molecule has 0 aromatic rings. The maximum absolute atomic E-state index is 12.6. The SMILES string of the molecule is CCCC(NC(=O)C1CCC(C(F)(F)F)CC1)C(N)=NO. The first kappa shape index (κ1) is 17.6. The first-order chi connectivity index (χ1) is 9.79. The van der Waals surface area contributed by atoms with Crippen LogP contribution in [0, 0.1) is 11.8 Å². The van der Waals surface area contributed by atoms with Crippen molar-refractivity contribution in [2.45, 2.75) is 57.7 Å². The Morgan fingerprint density at radius 3 is 2.38 bits per heavy atom. The van der Waals surface area contributed by atoms with Crippen LogP contribution < -0.4 is 11.1 Å². The minimum Gasteiger partial charge on any atom is -0.409 e. The van der Waals surface area contributed by atoms with Crippen LogP contribution in [0.1, 0.15) is 45.4 Å². The standard InChI is InChI=1S/C13H22F3N3O2/c1-2-3-10(11(17)19-21)18-12(20)8-4-6-9(7-5-8)13(14,15)16/h8-10,21H,2-7H2,1H3,(H2,17,19)(H,18,20). The zero-order valence-electron chi connectivity index (χ0n) is 12.0. The van der Waals surface area contributed by atoms with Crippen LogP contribution in [0.4, 0.5) is 13.2 Å². The predicted octanol–water partition coefficient (Wildman–Crippen LogP) is 2.39. The van der Waals surface area contributed by atoms with Crippen molar-refractivity contribution in [3.05, 3.63) is 0 Å². The summed E-state index contributed by atoms with van der Waals surface area (Å²) in [6.07, 6.45) is -2.56. The molecule has 0 spiro atoms. The number of amides is 1. The van der Waals surface area contributed by atoms with Crippen molar-refractivity contribution in [2.24, 2.45) is 22.7 Å². The lowest BCUT2D eigenvalue weighted by Crippen LogP contribution is -2.47. The first-order valence-electron chi connectivity index (χ1n) is 7.14. The van der Waals surface area contributed by atoms with Crippen LogP contribution in [0.25, 0.3) is 0 Å². The topological polar surface area (TPSA) is 87.7 Å². The molecule has 0 saturated heterocycles. The second-order valence-electron chi connectivity index (χ2n) is 5.46. The molecule has 0 aromatic carbocycles. The van der Waals surface area contributed by atoms with Crippen LogP contribution in [0.3, 0.4) is 0 Å². The van der Waals surface area contributed by atoms with E-state index in [4.69, 9.17) is 10.9 Å². The molecule has 1 atom stereocenters. The molecule has 0 heterocycles. The van der Waals surface area contributed by atoms with E-state index in [1.807, 2.05) is 6.92 Å². The summed E-state index contributed by atoms with van der Waals surface area (Å²) in [5.74, 6) is -2.15. The monoisotopic (exact) mass is 309 g/mol. The molecule has 0 radical (unpaired) electrons. The highest BCUT2D eigenvalue weighted by Crippen LogP contribution is 2.39. The molecule has 0 aromatic heterocycles. The molecule has 1 unspecified atom stereocenters. The summed E-state index contributed by atoms with van der Waals surface area (Å²) in [7, 11) is 0. The number of nitrogens with zero attached hydrogens (tertiary/aromatic N) is 1. The molecule has 0 aliphatic heterocycles. The number of carbonyl (C=O) groups is 1. The Morgan fingerprint density at radius 1 is 1.38 bits per heavy atom. The van der Waals surface area contributed by atoms with Crippen molar-refractivity contribution < 1.29 is 23.2 Å². The van der Waals surface area contributed by atoms with Gasteiger partial charge < -0.3 is 16.3 Å². The Morgan fingerprint density at radius 2 is 1.95 bits per heavy atom. The van der Waals surface area contributed by atoms with Crippen LogP contribution in [0.15, 0.2) is 5.16 Å². The lowest BCUT2D eigenvalue weighted by atomic mass is 9.81. The predicted molar refractivity (Wildman–Crippen MR) is 71.8 cm³/mol. The lowest BCUT2D eigenvalue weighted by Gasteiger charge is -2.30. The van der Waals surface area contributed by atoms with E-state index in [-0.39, 0.29) is 37.4 Å². The number of oxime groups is 1. The van der Waals surface area contributed by atoms with E-state index < -0.39 is 24.1 Å². The van der Waals surface area contributed by atoms with Crippen LogP contribution in [0.2, 0.25) is 0 Å². The minimum atomic E-state index is -4.18. The normalized spacial score (nSPS) is 25.4. The second kappa shape index (κ2) is 7.51. The molecular weight excluding hydrogens is 287 g/mol. The smallest absolute Gasteiger partial charge is 0.391 e. The largest absolute Gasteiger partial charge is 0.409 e. The molecule has 1 saturated carbocycles. The Balaban J connectivity index is 2.53. The summed E-state index contributed by atoms with van der Waals surface area (Å²) in [5.41, 5.74) is 5.50. The Labute approximate surface area is 121 Å². The second-order valence-corrected chi connectivity index (χ2v) is 5.46. The minimum absolute atomic E-state index is 0.0242.